The molecule has 0 radical (unpaired) electrons. The molecular weight excluding hydrogens is 500 g/mol. The maximum atomic E-state index is 14.0. The first-order valence-corrected chi connectivity index (χ1v) is 15.5. The summed E-state index contributed by atoms with van der Waals surface area (Å²) in [6, 6.07) is 0. The van der Waals surface area contributed by atoms with E-state index in [0.29, 0.717) is 24.3 Å². The van der Waals surface area contributed by atoms with E-state index in [9.17, 15) is 14.4 Å². The van der Waals surface area contributed by atoms with Gasteiger partial charge in [-0.05, 0) is 84.0 Å². The minimum atomic E-state index is -0.477. The summed E-state index contributed by atoms with van der Waals surface area (Å²) in [6.45, 7) is 13.2. The van der Waals surface area contributed by atoms with Crippen molar-refractivity contribution in [2.75, 3.05) is 12.5 Å². The molecule has 1 heterocycles. The lowest BCUT2D eigenvalue weighted by atomic mass is 9.43. The minimum absolute atomic E-state index is 0.0263. The van der Waals surface area contributed by atoms with Crippen LogP contribution in [0, 0.1) is 63.1 Å². The molecule has 210 valence electrons. The molecule has 5 nitrogen and oxygen atoms in total. The molecular formula is C32H45ClO5. The van der Waals surface area contributed by atoms with Crippen LogP contribution in [0.25, 0.3) is 0 Å². The lowest BCUT2D eigenvalue weighted by molar-refractivity contribution is -0.156. The zero-order chi connectivity index (χ0) is 27.4. The van der Waals surface area contributed by atoms with Gasteiger partial charge in [0.1, 0.15) is 12.2 Å². The fourth-order valence-corrected chi connectivity index (χ4v) is 11.8. The van der Waals surface area contributed by atoms with Gasteiger partial charge >= 0.3 is 5.97 Å². The second-order valence-corrected chi connectivity index (χ2v) is 14.9. The van der Waals surface area contributed by atoms with Gasteiger partial charge in [0.2, 0.25) is 0 Å². The van der Waals surface area contributed by atoms with Crippen molar-refractivity contribution in [3.8, 4) is 0 Å². The van der Waals surface area contributed by atoms with Crippen LogP contribution in [0.3, 0.4) is 0 Å². The molecule has 1 saturated heterocycles. The zero-order valence-electron chi connectivity index (χ0n) is 23.9. The summed E-state index contributed by atoms with van der Waals surface area (Å²) in [7, 11) is 0. The number of ether oxygens (including phenoxy) is 2. The Morgan fingerprint density at radius 3 is 2.61 bits per heavy atom. The standard InChI is InChI=1S/C32H45ClO5/c1-17-15-37-28(21(17)14-33)27(36)19(3)26-24(38-20(4)34)13-30(6)25-8-7-22-18(2)23(35)9-10-31(22)16-32(25,31)12-11-29(26,30)5/h9-10,17-19,21-22,24-26,28H,7-8,11-16H2,1-6H3/t17?,18?,19-,21?,22?,24-,25?,26-,28?,29?,30-,31+,32-/m0/s1. The van der Waals surface area contributed by atoms with E-state index >= 15 is 0 Å². The highest BCUT2D eigenvalue weighted by Crippen LogP contribution is 2.87. The number of alkyl halides is 1. The SMILES string of the molecule is CC(=O)O[C@H]1C[C@@]2(C)C3CCC4C(C)C(=O)C=C[C@@]45C[C@@]35CCC2(C)[C@H]1[C@H](C)C(=O)C1OCC(C)C1CCl. The summed E-state index contributed by atoms with van der Waals surface area (Å²) in [4.78, 5) is 39.0. The lowest BCUT2D eigenvalue weighted by Crippen LogP contribution is -2.56. The Labute approximate surface area is 232 Å². The second kappa shape index (κ2) is 8.65. The predicted molar refractivity (Wildman–Crippen MR) is 145 cm³/mol. The number of allylic oxidation sites excluding steroid dienone is 2. The molecule has 4 saturated carbocycles. The lowest BCUT2D eigenvalue weighted by Gasteiger charge is -2.61. The Kier molecular flexibility index (Phi) is 6.14. The molecule has 6 rings (SSSR count). The van der Waals surface area contributed by atoms with Crippen LogP contribution in [-0.4, -0.2) is 42.2 Å². The number of esters is 1. The van der Waals surface area contributed by atoms with Crippen LogP contribution in [0.15, 0.2) is 12.2 Å². The molecule has 0 bridgehead atoms. The van der Waals surface area contributed by atoms with Gasteiger partial charge in [-0.15, -0.1) is 11.6 Å². The highest BCUT2D eigenvalue weighted by atomic mass is 35.5. The molecule has 6 aliphatic rings. The number of hydrogen-bond donors (Lipinski definition) is 0. The number of rotatable bonds is 5. The highest BCUT2D eigenvalue weighted by molar-refractivity contribution is 6.18. The summed E-state index contributed by atoms with van der Waals surface area (Å²) >= 11 is 6.31. The van der Waals surface area contributed by atoms with Crippen LogP contribution in [0.2, 0.25) is 0 Å². The van der Waals surface area contributed by atoms with Crippen LogP contribution < -0.4 is 0 Å². The van der Waals surface area contributed by atoms with Gasteiger partial charge in [-0.25, -0.2) is 0 Å². The summed E-state index contributed by atoms with van der Waals surface area (Å²) in [5, 5.41) is 0. The molecule has 0 amide bonds. The van der Waals surface area contributed by atoms with Gasteiger partial charge in [-0.3, -0.25) is 14.4 Å². The number of halogens is 1. The Balaban J connectivity index is 1.36. The molecule has 2 spiro atoms. The zero-order valence-corrected chi connectivity index (χ0v) is 24.7. The van der Waals surface area contributed by atoms with Crippen molar-refractivity contribution >= 4 is 29.1 Å². The largest absolute Gasteiger partial charge is 0.462 e. The second-order valence-electron chi connectivity index (χ2n) is 14.6. The van der Waals surface area contributed by atoms with E-state index in [1.54, 1.807) is 0 Å². The first-order valence-electron chi connectivity index (χ1n) is 15.0. The number of carbonyl (C=O) groups is 3. The fraction of sp³-hybridized carbons (Fsp3) is 0.844. The first kappa shape index (κ1) is 27.0. The average molecular weight is 545 g/mol. The maximum absolute atomic E-state index is 14.0. The molecule has 6 heteroatoms. The van der Waals surface area contributed by atoms with Crippen LogP contribution in [-0.2, 0) is 23.9 Å². The van der Waals surface area contributed by atoms with Gasteiger partial charge < -0.3 is 9.47 Å². The Morgan fingerprint density at radius 2 is 1.92 bits per heavy atom. The molecule has 7 unspecified atom stereocenters. The Hall–Kier alpha value is -1.20. The predicted octanol–water partition coefficient (Wildman–Crippen LogP) is 6.02. The van der Waals surface area contributed by atoms with E-state index in [-0.39, 0.29) is 74.9 Å². The van der Waals surface area contributed by atoms with Crippen LogP contribution >= 0.6 is 11.6 Å². The number of hydrogen-bond acceptors (Lipinski definition) is 5. The summed E-state index contributed by atoms with van der Waals surface area (Å²) in [6.07, 6.45) is 9.74. The van der Waals surface area contributed by atoms with Crippen molar-refractivity contribution in [2.24, 2.45) is 63.1 Å². The molecule has 0 aromatic carbocycles. The molecule has 13 atom stereocenters. The molecule has 1 aliphatic heterocycles. The smallest absolute Gasteiger partial charge is 0.302 e. The van der Waals surface area contributed by atoms with Gasteiger partial charge in [0.05, 0.1) is 6.61 Å². The topological polar surface area (TPSA) is 69.7 Å². The average Bonchev–Trinajstić information content (AvgIpc) is 3.29. The molecule has 5 aliphatic carbocycles. The van der Waals surface area contributed by atoms with E-state index in [0.717, 1.165) is 32.1 Å². The van der Waals surface area contributed by atoms with Gasteiger partial charge in [-0.1, -0.05) is 40.7 Å². The molecule has 0 aromatic heterocycles. The first-order chi connectivity index (χ1) is 17.9. The molecule has 38 heavy (non-hydrogen) atoms. The summed E-state index contributed by atoms with van der Waals surface area (Å²) in [5.41, 5.74) is 0.195. The van der Waals surface area contributed by atoms with Crippen LogP contribution in [0.1, 0.15) is 80.1 Å². The molecule has 0 aromatic rings. The Morgan fingerprint density at radius 1 is 1.18 bits per heavy atom. The minimum Gasteiger partial charge on any atom is -0.462 e. The third kappa shape index (κ3) is 3.24. The number of Topliss-reactive ketones (excluding diaryl/α,β-unsaturated/α-hetero) is 1. The normalized spacial score (nSPS) is 53.4. The van der Waals surface area contributed by atoms with E-state index in [2.05, 4.69) is 40.7 Å². The van der Waals surface area contributed by atoms with Gasteiger partial charge in [0.25, 0.3) is 0 Å². The highest BCUT2D eigenvalue weighted by Gasteiger charge is 2.81. The van der Waals surface area contributed by atoms with Crippen molar-refractivity contribution in [2.45, 2.75) is 92.3 Å². The fourth-order valence-electron chi connectivity index (χ4n) is 11.4. The van der Waals surface area contributed by atoms with E-state index < -0.39 is 6.10 Å². The quantitative estimate of drug-likeness (QED) is 0.313. The van der Waals surface area contributed by atoms with Crippen molar-refractivity contribution in [3.63, 3.8) is 0 Å². The van der Waals surface area contributed by atoms with Crippen molar-refractivity contribution in [1.82, 2.24) is 0 Å². The third-order valence-corrected chi connectivity index (χ3v) is 13.8. The number of carbonyl (C=O) groups excluding carboxylic acids is 3. The molecule has 0 N–H and O–H groups in total. The monoisotopic (exact) mass is 544 g/mol. The maximum Gasteiger partial charge on any atom is 0.302 e. The third-order valence-electron chi connectivity index (χ3n) is 13.4. The molecule has 5 fully saturated rings. The van der Waals surface area contributed by atoms with E-state index in [4.69, 9.17) is 21.1 Å². The van der Waals surface area contributed by atoms with Crippen molar-refractivity contribution < 1.29 is 23.9 Å². The van der Waals surface area contributed by atoms with Crippen LogP contribution in [0.4, 0.5) is 0 Å². The van der Waals surface area contributed by atoms with E-state index in [1.165, 1.54) is 13.3 Å². The number of fused-ring (bicyclic) bond motifs is 2. The van der Waals surface area contributed by atoms with Gasteiger partial charge in [0, 0.05) is 36.5 Å². The Bertz CT molecular complexity index is 1090. The van der Waals surface area contributed by atoms with Crippen LogP contribution in [0.5, 0.6) is 0 Å². The summed E-state index contributed by atoms with van der Waals surface area (Å²) in [5.74, 6) is 1.57. The van der Waals surface area contributed by atoms with Gasteiger partial charge in [0.15, 0.2) is 11.6 Å². The number of ketones is 2. The van der Waals surface area contributed by atoms with E-state index in [1.807, 2.05) is 6.08 Å². The van der Waals surface area contributed by atoms with Gasteiger partial charge in [-0.2, -0.15) is 0 Å². The van der Waals surface area contributed by atoms with Crippen molar-refractivity contribution in [1.29, 1.82) is 0 Å². The summed E-state index contributed by atoms with van der Waals surface area (Å²) < 4.78 is 12.1. The van der Waals surface area contributed by atoms with Crippen molar-refractivity contribution in [3.05, 3.63) is 12.2 Å².